The van der Waals surface area contributed by atoms with Crippen LogP contribution in [0.25, 0.3) is 0 Å². The van der Waals surface area contributed by atoms with E-state index < -0.39 is 24.6 Å². The molecule has 2 atom stereocenters. The van der Waals surface area contributed by atoms with Crippen LogP contribution in [0, 0.1) is 5.92 Å². The molecular weight excluding hydrogens is 372 g/mol. The molecule has 156 valence electrons. The maximum absolute atomic E-state index is 12.2. The van der Waals surface area contributed by atoms with Gasteiger partial charge in [-0.05, 0) is 42.5 Å². The summed E-state index contributed by atoms with van der Waals surface area (Å²) in [5.74, 6) is -2.04. The fraction of sp³-hybridized carbons (Fsp3) is 0.391. The molecule has 0 aliphatic carbocycles. The number of carbonyl (C=O) groups excluding carboxylic acids is 2. The quantitative estimate of drug-likeness (QED) is 0.564. The van der Waals surface area contributed by atoms with Crippen molar-refractivity contribution in [2.45, 2.75) is 38.9 Å². The summed E-state index contributed by atoms with van der Waals surface area (Å²) in [6.07, 6.45) is 0.386. The maximum Gasteiger partial charge on any atom is 0.338 e. The molecule has 6 nitrogen and oxygen atoms in total. The minimum atomic E-state index is -1.06. The highest BCUT2D eigenvalue weighted by Crippen LogP contribution is 2.16. The van der Waals surface area contributed by atoms with Gasteiger partial charge in [-0.15, -0.1) is 0 Å². The molecule has 2 aromatic rings. The van der Waals surface area contributed by atoms with E-state index >= 15 is 0 Å². The number of aliphatic hydroxyl groups is 2. The zero-order valence-corrected chi connectivity index (χ0v) is 16.6. The lowest BCUT2D eigenvalue weighted by Gasteiger charge is -2.19. The van der Waals surface area contributed by atoms with Gasteiger partial charge in [0.25, 0.3) is 0 Å². The Hall–Kier alpha value is -2.70. The Kier molecular flexibility index (Phi) is 9.34. The van der Waals surface area contributed by atoms with Crippen molar-refractivity contribution in [3.05, 3.63) is 71.3 Å². The van der Waals surface area contributed by atoms with E-state index in [1.807, 2.05) is 43.3 Å². The maximum atomic E-state index is 12.2. The van der Waals surface area contributed by atoms with Crippen LogP contribution in [0.4, 0.5) is 0 Å². The van der Waals surface area contributed by atoms with Crippen LogP contribution in [0.3, 0.4) is 0 Å². The summed E-state index contributed by atoms with van der Waals surface area (Å²) in [5, 5.41) is 19.9. The number of aliphatic hydroxyl groups excluding tert-OH is 2. The number of hydrogen-bond acceptors (Lipinski definition) is 6. The molecule has 2 rings (SSSR count). The summed E-state index contributed by atoms with van der Waals surface area (Å²) in [7, 11) is 0. The molecule has 0 amide bonds. The highest BCUT2D eigenvalue weighted by molar-refractivity contribution is 5.89. The first-order chi connectivity index (χ1) is 14.0. The van der Waals surface area contributed by atoms with E-state index in [-0.39, 0.29) is 19.0 Å². The monoisotopic (exact) mass is 400 g/mol. The minimum Gasteiger partial charge on any atom is -0.462 e. The van der Waals surface area contributed by atoms with Crippen LogP contribution < -0.4 is 0 Å². The van der Waals surface area contributed by atoms with Crippen LogP contribution in [0.1, 0.15) is 41.3 Å². The summed E-state index contributed by atoms with van der Waals surface area (Å²) in [6, 6.07) is 16.2. The largest absolute Gasteiger partial charge is 0.462 e. The first-order valence-electron chi connectivity index (χ1n) is 9.80. The number of carbonyl (C=O) groups is 2. The fourth-order valence-electron chi connectivity index (χ4n) is 2.84. The second-order valence-corrected chi connectivity index (χ2v) is 6.82. The standard InChI is InChI=1S/C23H28O6/c1-2-13-28-22(26)19-10-6-9-17(14-19)11-12-21(25)20(15-24)23(27)29-16-18-7-4-3-5-8-18/h3-10,14,20-21,24-25H,2,11-13,15-16H2,1H3/t20-,21-/m0/s1. The molecule has 0 bridgehead atoms. The van der Waals surface area contributed by atoms with Crippen molar-refractivity contribution in [2.75, 3.05) is 13.2 Å². The van der Waals surface area contributed by atoms with Crippen LogP contribution in [0.5, 0.6) is 0 Å². The normalized spacial score (nSPS) is 12.8. The predicted octanol–water partition coefficient (Wildman–Crippen LogP) is 2.90. The smallest absolute Gasteiger partial charge is 0.338 e. The van der Waals surface area contributed by atoms with Crippen molar-refractivity contribution in [3.63, 3.8) is 0 Å². The zero-order valence-electron chi connectivity index (χ0n) is 16.6. The fourth-order valence-corrected chi connectivity index (χ4v) is 2.84. The molecule has 0 saturated heterocycles. The molecule has 0 aromatic heterocycles. The van der Waals surface area contributed by atoms with E-state index in [1.165, 1.54) is 0 Å². The lowest BCUT2D eigenvalue weighted by Crippen LogP contribution is -2.33. The van der Waals surface area contributed by atoms with Gasteiger partial charge in [-0.3, -0.25) is 4.79 Å². The SMILES string of the molecule is CCCOC(=O)c1cccc(CC[C@H](O)[C@H](CO)C(=O)OCc2ccccc2)c1. The number of esters is 2. The third-order valence-electron chi connectivity index (χ3n) is 4.52. The van der Waals surface area contributed by atoms with E-state index in [4.69, 9.17) is 9.47 Å². The lowest BCUT2D eigenvalue weighted by atomic mass is 9.96. The lowest BCUT2D eigenvalue weighted by molar-refractivity contribution is -0.156. The first-order valence-corrected chi connectivity index (χ1v) is 9.80. The van der Waals surface area contributed by atoms with Crippen LogP contribution in [-0.2, 0) is 27.3 Å². The van der Waals surface area contributed by atoms with Gasteiger partial charge in [-0.1, -0.05) is 49.4 Å². The van der Waals surface area contributed by atoms with E-state index in [9.17, 15) is 19.8 Å². The van der Waals surface area contributed by atoms with Gasteiger partial charge in [-0.25, -0.2) is 4.79 Å². The molecule has 29 heavy (non-hydrogen) atoms. The zero-order chi connectivity index (χ0) is 21.1. The van der Waals surface area contributed by atoms with Crippen LogP contribution in [0.2, 0.25) is 0 Å². The Balaban J connectivity index is 1.88. The number of rotatable bonds is 11. The van der Waals surface area contributed by atoms with Gasteiger partial charge in [0, 0.05) is 0 Å². The number of benzene rings is 2. The Morgan fingerprint density at radius 1 is 1.00 bits per heavy atom. The summed E-state index contributed by atoms with van der Waals surface area (Å²) in [5.41, 5.74) is 2.12. The average molecular weight is 400 g/mol. The van der Waals surface area contributed by atoms with Gasteiger partial charge in [-0.2, -0.15) is 0 Å². The van der Waals surface area contributed by atoms with Crippen LogP contribution in [0.15, 0.2) is 54.6 Å². The summed E-state index contributed by atoms with van der Waals surface area (Å²) >= 11 is 0. The molecule has 0 spiro atoms. The average Bonchev–Trinajstić information content (AvgIpc) is 2.76. The number of ether oxygens (including phenoxy) is 2. The van der Waals surface area contributed by atoms with E-state index in [1.54, 1.807) is 18.2 Å². The molecule has 2 aromatic carbocycles. The summed E-state index contributed by atoms with van der Waals surface area (Å²) < 4.78 is 10.3. The van der Waals surface area contributed by atoms with Gasteiger partial charge in [0.15, 0.2) is 0 Å². The highest BCUT2D eigenvalue weighted by atomic mass is 16.5. The molecule has 0 fully saturated rings. The van der Waals surface area contributed by atoms with Crippen LogP contribution in [-0.4, -0.2) is 41.5 Å². The Bertz CT molecular complexity index is 774. The van der Waals surface area contributed by atoms with Crippen molar-refractivity contribution < 1.29 is 29.3 Å². The number of hydrogen-bond donors (Lipinski definition) is 2. The van der Waals surface area contributed by atoms with E-state index in [0.29, 0.717) is 18.6 Å². The molecule has 0 aliphatic rings. The second kappa shape index (κ2) is 12.0. The first kappa shape index (κ1) is 22.6. The Morgan fingerprint density at radius 2 is 1.72 bits per heavy atom. The number of aryl methyl sites for hydroxylation is 1. The van der Waals surface area contributed by atoms with Crippen molar-refractivity contribution in [1.29, 1.82) is 0 Å². The van der Waals surface area contributed by atoms with E-state index in [2.05, 4.69) is 0 Å². The molecule has 0 heterocycles. The highest BCUT2D eigenvalue weighted by Gasteiger charge is 2.27. The third-order valence-corrected chi connectivity index (χ3v) is 4.52. The predicted molar refractivity (Wildman–Crippen MR) is 108 cm³/mol. The van der Waals surface area contributed by atoms with Gasteiger partial charge in [0.2, 0.25) is 0 Å². The summed E-state index contributed by atoms with van der Waals surface area (Å²) in [4.78, 5) is 24.2. The van der Waals surface area contributed by atoms with Crippen molar-refractivity contribution in [1.82, 2.24) is 0 Å². The van der Waals surface area contributed by atoms with Crippen molar-refractivity contribution >= 4 is 11.9 Å². The topological polar surface area (TPSA) is 93.1 Å². The second-order valence-electron chi connectivity index (χ2n) is 6.82. The van der Waals surface area contributed by atoms with E-state index in [0.717, 1.165) is 17.5 Å². The van der Waals surface area contributed by atoms with Gasteiger partial charge >= 0.3 is 11.9 Å². The van der Waals surface area contributed by atoms with Crippen molar-refractivity contribution in [2.24, 2.45) is 5.92 Å². The minimum absolute atomic E-state index is 0.0881. The molecule has 0 unspecified atom stereocenters. The van der Waals surface area contributed by atoms with Crippen LogP contribution >= 0.6 is 0 Å². The Labute approximate surface area is 171 Å². The Morgan fingerprint density at radius 3 is 2.41 bits per heavy atom. The van der Waals surface area contributed by atoms with Gasteiger partial charge < -0.3 is 19.7 Å². The molecule has 0 aliphatic heterocycles. The molecular formula is C23H28O6. The summed E-state index contributed by atoms with van der Waals surface area (Å²) in [6.45, 7) is 1.88. The van der Waals surface area contributed by atoms with Gasteiger partial charge in [0.05, 0.1) is 24.9 Å². The molecule has 0 saturated carbocycles. The molecule has 6 heteroatoms. The third kappa shape index (κ3) is 7.33. The van der Waals surface area contributed by atoms with Crippen molar-refractivity contribution in [3.8, 4) is 0 Å². The van der Waals surface area contributed by atoms with Gasteiger partial charge in [0.1, 0.15) is 12.5 Å². The molecule has 2 N–H and O–H groups in total. The molecule has 0 radical (unpaired) electrons.